The molecule has 18 heavy (non-hydrogen) atoms. The number of sulfonamides is 1. The highest BCUT2D eigenvalue weighted by atomic mass is 79.9. The van der Waals surface area contributed by atoms with E-state index in [2.05, 4.69) is 20.7 Å². The van der Waals surface area contributed by atoms with E-state index in [9.17, 15) is 13.2 Å². The van der Waals surface area contributed by atoms with E-state index in [0.29, 0.717) is 0 Å². The van der Waals surface area contributed by atoms with Crippen LogP contribution >= 0.6 is 15.9 Å². The molecule has 0 atom stereocenters. The van der Waals surface area contributed by atoms with Crippen LogP contribution in [0.15, 0.2) is 28.7 Å². The number of hydrogen-bond acceptors (Lipinski definition) is 3. The summed E-state index contributed by atoms with van der Waals surface area (Å²) in [4.78, 5) is 10.3. The van der Waals surface area contributed by atoms with Crippen molar-refractivity contribution in [1.82, 2.24) is 4.72 Å². The number of aliphatic carboxylic acids is 1. The second-order valence-corrected chi connectivity index (χ2v) is 6.61. The van der Waals surface area contributed by atoms with E-state index >= 15 is 0 Å². The first-order chi connectivity index (χ1) is 8.39. The molecule has 0 aliphatic rings. The van der Waals surface area contributed by atoms with Crippen LogP contribution in [0.4, 0.5) is 0 Å². The lowest BCUT2D eigenvalue weighted by molar-refractivity contribution is -0.137. The molecule has 0 bridgehead atoms. The largest absolute Gasteiger partial charge is 0.481 e. The van der Waals surface area contributed by atoms with Gasteiger partial charge in [-0.3, -0.25) is 4.79 Å². The molecule has 0 heterocycles. The molecule has 1 aromatic rings. The predicted molar refractivity (Wildman–Crippen MR) is 71.6 cm³/mol. The van der Waals surface area contributed by atoms with Gasteiger partial charge in [0, 0.05) is 17.4 Å². The summed E-state index contributed by atoms with van der Waals surface area (Å²) in [5.41, 5.74) is 0.839. The molecular weight excluding hydrogens is 322 g/mol. The molecule has 0 saturated heterocycles. The van der Waals surface area contributed by atoms with Crippen LogP contribution in [-0.4, -0.2) is 25.2 Å². The van der Waals surface area contributed by atoms with Gasteiger partial charge in [-0.25, -0.2) is 13.1 Å². The summed E-state index contributed by atoms with van der Waals surface area (Å²) in [6.45, 7) is 0.203. The van der Waals surface area contributed by atoms with Gasteiger partial charge in [0.1, 0.15) is 0 Å². The highest BCUT2D eigenvalue weighted by molar-refractivity contribution is 9.10. The van der Waals surface area contributed by atoms with Gasteiger partial charge in [0.2, 0.25) is 10.0 Å². The van der Waals surface area contributed by atoms with Crippen molar-refractivity contribution < 1.29 is 18.3 Å². The fraction of sp³-hybridized carbons (Fsp3) is 0.364. The lowest BCUT2D eigenvalue weighted by atomic mass is 10.2. The molecule has 5 nitrogen and oxygen atoms in total. The van der Waals surface area contributed by atoms with E-state index in [1.165, 1.54) is 0 Å². The Morgan fingerprint density at radius 3 is 2.72 bits per heavy atom. The summed E-state index contributed by atoms with van der Waals surface area (Å²) >= 11 is 3.30. The summed E-state index contributed by atoms with van der Waals surface area (Å²) in [6.07, 6.45) is -0.0268. The second kappa shape index (κ2) is 6.86. The van der Waals surface area contributed by atoms with E-state index in [1.807, 2.05) is 24.3 Å². The zero-order valence-corrected chi connectivity index (χ0v) is 12.0. The molecule has 0 aromatic heterocycles. The zero-order chi connectivity index (χ0) is 13.6. The summed E-state index contributed by atoms with van der Waals surface area (Å²) in [7, 11) is -3.42. The molecule has 100 valence electrons. The van der Waals surface area contributed by atoms with Crippen LogP contribution in [0.1, 0.15) is 18.4 Å². The van der Waals surface area contributed by atoms with Crippen molar-refractivity contribution in [3.8, 4) is 0 Å². The maximum atomic E-state index is 11.6. The Balaban J connectivity index is 2.44. The van der Waals surface area contributed by atoms with Crippen molar-refractivity contribution in [1.29, 1.82) is 0 Å². The van der Waals surface area contributed by atoms with Gasteiger partial charge in [-0.05, 0) is 24.1 Å². The van der Waals surface area contributed by atoms with Crippen LogP contribution in [0.2, 0.25) is 0 Å². The molecule has 0 amide bonds. The number of carbonyl (C=O) groups is 1. The normalized spacial score (nSPS) is 11.4. The van der Waals surface area contributed by atoms with E-state index in [0.717, 1.165) is 10.0 Å². The lowest BCUT2D eigenvalue weighted by Gasteiger charge is -2.06. The fourth-order valence-corrected chi connectivity index (χ4v) is 2.83. The highest BCUT2D eigenvalue weighted by Gasteiger charge is 2.10. The Kier molecular flexibility index (Phi) is 5.77. The van der Waals surface area contributed by atoms with Crippen LogP contribution in [0.5, 0.6) is 0 Å². The van der Waals surface area contributed by atoms with Gasteiger partial charge in [-0.15, -0.1) is 0 Å². The minimum atomic E-state index is -3.42. The van der Waals surface area contributed by atoms with Crippen molar-refractivity contribution in [3.63, 3.8) is 0 Å². The van der Waals surface area contributed by atoms with E-state index < -0.39 is 16.0 Å². The fourth-order valence-electron chi connectivity index (χ4n) is 1.33. The number of benzene rings is 1. The molecule has 0 spiro atoms. The summed E-state index contributed by atoms with van der Waals surface area (Å²) in [5, 5.41) is 8.43. The number of carboxylic acid groups (broad SMARTS) is 1. The molecule has 1 rings (SSSR count). The number of carboxylic acids is 1. The van der Waals surface area contributed by atoms with Crippen LogP contribution < -0.4 is 4.72 Å². The first-order valence-corrected chi connectivity index (χ1v) is 7.77. The van der Waals surface area contributed by atoms with Crippen LogP contribution in [0, 0.1) is 0 Å². The summed E-state index contributed by atoms with van der Waals surface area (Å²) in [6, 6.07) is 7.30. The van der Waals surface area contributed by atoms with Gasteiger partial charge >= 0.3 is 5.97 Å². The molecule has 0 unspecified atom stereocenters. The maximum Gasteiger partial charge on any atom is 0.303 e. The van der Waals surface area contributed by atoms with Gasteiger partial charge in [-0.2, -0.15) is 0 Å². The number of halogens is 1. The first-order valence-electron chi connectivity index (χ1n) is 5.32. The van der Waals surface area contributed by atoms with Gasteiger partial charge in [-0.1, -0.05) is 28.1 Å². The molecule has 0 radical (unpaired) electrons. The monoisotopic (exact) mass is 335 g/mol. The molecular formula is C11H14BrNO4S. The number of hydrogen-bond donors (Lipinski definition) is 2. The van der Waals surface area contributed by atoms with Crippen LogP contribution in [-0.2, 0) is 21.4 Å². The molecule has 2 N–H and O–H groups in total. The maximum absolute atomic E-state index is 11.6. The smallest absolute Gasteiger partial charge is 0.303 e. The zero-order valence-electron chi connectivity index (χ0n) is 9.60. The van der Waals surface area contributed by atoms with Crippen molar-refractivity contribution in [2.75, 3.05) is 5.75 Å². The van der Waals surface area contributed by atoms with E-state index in [-0.39, 0.29) is 25.1 Å². The summed E-state index contributed by atoms with van der Waals surface area (Å²) < 4.78 is 26.4. The predicted octanol–water partition coefficient (Wildman–Crippen LogP) is 1.73. The van der Waals surface area contributed by atoms with Crippen LogP contribution in [0.3, 0.4) is 0 Å². The van der Waals surface area contributed by atoms with Gasteiger partial charge in [0.25, 0.3) is 0 Å². The van der Waals surface area contributed by atoms with E-state index in [4.69, 9.17) is 5.11 Å². The quantitative estimate of drug-likeness (QED) is 0.794. The van der Waals surface area contributed by atoms with Gasteiger partial charge < -0.3 is 5.11 Å². The second-order valence-electron chi connectivity index (χ2n) is 3.77. The lowest BCUT2D eigenvalue weighted by Crippen LogP contribution is -2.26. The van der Waals surface area contributed by atoms with Crippen molar-refractivity contribution in [3.05, 3.63) is 34.3 Å². The summed E-state index contributed by atoms with van der Waals surface area (Å²) in [5.74, 6) is -1.16. The minimum absolute atomic E-state index is 0.114. The molecule has 0 aliphatic heterocycles. The Morgan fingerprint density at radius 2 is 2.11 bits per heavy atom. The SMILES string of the molecule is O=C(O)CCCS(=O)(=O)NCc1cccc(Br)c1. The van der Waals surface area contributed by atoms with Gasteiger partial charge in [0.15, 0.2) is 0 Å². The molecule has 1 aromatic carbocycles. The average Bonchev–Trinajstić information content (AvgIpc) is 2.26. The Hall–Kier alpha value is -0.920. The third-order valence-electron chi connectivity index (χ3n) is 2.19. The molecule has 0 saturated carbocycles. The molecule has 0 aliphatic carbocycles. The number of nitrogens with one attached hydrogen (secondary N) is 1. The third kappa shape index (κ3) is 6.13. The van der Waals surface area contributed by atoms with E-state index in [1.54, 1.807) is 0 Å². The average molecular weight is 336 g/mol. The Bertz CT molecular complexity index is 516. The third-order valence-corrected chi connectivity index (χ3v) is 4.09. The highest BCUT2D eigenvalue weighted by Crippen LogP contribution is 2.11. The van der Waals surface area contributed by atoms with Gasteiger partial charge in [0.05, 0.1) is 5.75 Å². The van der Waals surface area contributed by atoms with Crippen molar-refractivity contribution >= 4 is 31.9 Å². The van der Waals surface area contributed by atoms with Crippen molar-refractivity contribution in [2.24, 2.45) is 0 Å². The Morgan fingerprint density at radius 1 is 1.39 bits per heavy atom. The number of rotatable bonds is 7. The minimum Gasteiger partial charge on any atom is -0.481 e. The van der Waals surface area contributed by atoms with Crippen LogP contribution in [0.25, 0.3) is 0 Å². The van der Waals surface area contributed by atoms with Crippen molar-refractivity contribution in [2.45, 2.75) is 19.4 Å². The Labute approximate surface area is 114 Å². The standard InChI is InChI=1S/C11H14BrNO4S/c12-10-4-1-3-9(7-10)8-13-18(16,17)6-2-5-11(14)15/h1,3-4,7,13H,2,5-6,8H2,(H,14,15). The topological polar surface area (TPSA) is 83.5 Å². The molecule has 0 fully saturated rings. The first kappa shape index (κ1) is 15.1. The molecule has 7 heteroatoms.